The molecule has 0 unspecified atom stereocenters. The van der Waals surface area contributed by atoms with Crippen molar-refractivity contribution in [2.75, 3.05) is 13.1 Å². The number of halogens is 3. The maximum Gasteiger partial charge on any atom is 0.471 e. The van der Waals surface area contributed by atoms with Crippen LogP contribution < -0.4 is 0 Å². The van der Waals surface area contributed by atoms with Crippen LogP contribution in [-0.4, -0.2) is 30.1 Å². The Labute approximate surface area is 96.3 Å². The first kappa shape index (κ1) is 11.7. The van der Waals surface area contributed by atoms with Crippen LogP contribution in [0.3, 0.4) is 0 Å². The number of carbonyl (C=O) groups excluding carboxylic acids is 1. The summed E-state index contributed by atoms with van der Waals surface area (Å²) in [5.74, 6) is -1.76. The minimum Gasteiger partial charge on any atom is -0.327 e. The number of hydrogen-bond donors (Lipinski definition) is 0. The molecule has 2 rings (SSSR count). The highest BCUT2D eigenvalue weighted by molar-refractivity contribution is 5.84. The van der Waals surface area contributed by atoms with Gasteiger partial charge in [0.2, 0.25) is 0 Å². The number of likely N-dealkylation sites (tertiary alicyclic amines) is 1. The van der Waals surface area contributed by atoms with Crippen molar-refractivity contribution in [2.24, 2.45) is 0 Å². The molecule has 0 radical (unpaired) electrons. The van der Waals surface area contributed by atoms with Gasteiger partial charge in [-0.25, -0.2) is 0 Å². The van der Waals surface area contributed by atoms with Gasteiger partial charge in [-0.3, -0.25) is 4.79 Å². The largest absolute Gasteiger partial charge is 0.471 e. The summed E-state index contributed by atoms with van der Waals surface area (Å²) < 4.78 is 36.2. The van der Waals surface area contributed by atoms with E-state index in [0.717, 1.165) is 16.0 Å². The number of benzene rings is 1. The summed E-state index contributed by atoms with van der Waals surface area (Å²) in [6.07, 6.45) is -2.96. The second kappa shape index (κ2) is 4.24. The van der Waals surface area contributed by atoms with Crippen LogP contribution in [0.4, 0.5) is 13.2 Å². The summed E-state index contributed by atoms with van der Waals surface area (Å²) >= 11 is 0. The molecule has 0 aromatic heterocycles. The van der Waals surface area contributed by atoms with Gasteiger partial charge in [0.1, 0.15) is 0 Å². The quantitative estimate of drug-likeness (QED) is 0.739. The third-order valence-corrected chi connectivity index (χ3v) is 2.49. The zero-order valence-corrected chi connectivity index (χ0v) is 8.87. The Balaban J connectivity index is 1.96. The topological polar surface area (TPSA) is 20.3 Å². The fraction of sp³-hybridized carbons (Fsp3) is 0.250. The molecular formula is C12H10F3NO. The lowest BCUT2D eigenvalue weighted by molar-refractivity contribution is -0.186. The Bertz CT molecular complexity index is 443. The van der Waals surface area contributed by atoms with Gasteiger partial charge in [0.05, 0.1) is 0 Å². The smallest absolute Gasteiger partial charge is 0.327 e. The lowest BCUT2D eigenvalue weighted by Crippen LogP contribution is -2.50. The van der Waals surface area contributed by atoms with E-state index in [1.807, 2.05) is 30.3 Å². The molecule has 1 saturated heterocycles. The van der Waals surface area contributed by atoms with Crippen molar-refractivity contribution in [3.8, 4) is 0 Å². The summed E-state index contributed by atoms with van der Waals surface area (Å²) in [7, 11) is 0. The fourth-order valence-corrected chi connectivity index (χ4v) is 1.64. The Morgan fingerprint density at radius 2 is 1.76 bits per heavy atom. The number of amides is 1. The van der Waals surface area contributed by atoms with E-state index in [4.69, 9.17) is 0 Å². The molecule has 1 heterocycles. The van der Waals surface area contributed by atoms with Crippen molar-refractivity contribution >= 4 is 12.0 Å². The van der Waals surface area contributed by atoms with E-state index in [1.54, 1.807) is 6.08 Å². The van der Waals surface area contributed by atoms with E-state index < -0.39 is 12.1 Å². The van der Waals surface area contributed by atoms with Gasteiger partial charge in [0, 0.05) is 13.1 Å². The first-order chi connectivity index (χ1) is 7.97. The third-order valence-electron chi connectivity index (χ3n) is 2.49. The van der Waals surface area contributed by atoms with Crippen LogP contribution in [0.1, 0.15) is 5.56 Å². The lowest BCUT2D eigenvalue weighted by atomic mass is 10.0. The summed E-state index contributed by atoms with van der Waals surface area (Å²) in [5.41, 5.74) is 1.76. The highest BCUT2D eigenvalue weighted by Crippen LogP contribution is 2.25. The second-order valence-electron chi connectivity index (χ2n) is 3.87. The highest BCUT2D eigenvalue weighted by Gasteiger charge is 2.45. The molecule has 90 valence electrons. The molecule has 1 aliphatic heterocycles. The Kier molecular flexibility index (Phi) is 2.92. The molecule has 0 spiro atoms. The number of nitrogens with zero attached hydrogens (tertiary/aromatic N) is 1. The molecule has 0 N–H and O–H groups in total. The van der Waals surface area contributed by atoms with Crippen LogP contribution in [0.5, 0.6) is 0 Å². The van der Waals surface area contributed by atoms with E-state index in [2.05, 4.69) is 0 Å². The summed E-state index contributed by atoms with van der Waals surface area (Å²) in [5, 5.41) is 0. The van der Waals surface area contributed by atoms with E-state index in [-0.39, 0.29) is 13.1 Å². The molecule has 17 heavy (non-hydrogen) atoms. The maximum absolute atomic E-state index is 12.1. The Morgan fingerprint density at radius 1 is 1.18 bits per heavy atom. The van der Waals surface area contributed by atoms with Crippen LogP contribution in [0.15, 0.2) is 35.9 Å². The molecule has 1 aromatic rings. The SMILES string of the molecule is O=C(N1CC(=Cc2ccccc2)C1)C(F)(F)F. The number of carbonyl (C=O) groups is 1. The van der Waals surface area contributed by atoms with Crippen LogP contribution in [0.25, 0.3) is 6.08 Å². The molecule has 1 aromatic carbocycles. The average molecular weight is 241 g/mol. The highest BCUT2D eigenvalue weighted by atomic mass is 19.4. The molecule has 1 fully saturated rings. The van der Waals surface area contributed by atoms with Crippen molar-refractivity contribution in [1.82, 2.24) is 4.90 Å². The van der Waals surface area contributed by atoms with Crippen molar-refractivity contribution in [1.29, 1.82) is 0 Å². The minimum atomic E-state index is -4.77. The van der Waals surface area contributed by atoms with Gasteiger partial charge in [0.25, 0.3) is 0 Å². The van der Waals surface area contributed by atoms with E-state index in [1.165, 1.54) is 0 Å². The molecule has 0 atom stereocenters. The van der Waals surface area contributed by atoms with Crippen LogP contribution >= 0.6 is 0 Å². The first-order valence-electron chi connectivity index (χ1n) is 5.07. The number of alkyl halides is 3. The van der Waals surface area contributed by atoms with Gasteiger partial charge in [-0.1, -0.05) is 36.4 Å². The second-order valence-corrected chi connectivity index (χ2v) is 3.87. The lowest BCUT2D eigenvalue weighted by Gasteiger charge is -2.34. The predicted molar refractivity (Wildman–Crippen MR) is 57.1 cm³/mol. The van der Waals surface area contributed by atoms with Gasteiger partial charge < -0.3 is 4.90 Å². The molecule has 1 amide bonds. The summed E-state index contributed by atoms with van der Waals surface area (Å²) in [4.78, 5) is 11.6. The van der Waals surface area contributed by atoms with Crippen molar-refractivity contribution in [2.45, 2.75) is 6.18 Å². The first-order valence-corrected chi connectivity index (χ1v) is 5.07. The zero-order chi connectivity index (χ0) is 12.5. The number of hydrogen-bond acceptors (Lipinski definition) is 1. The van der Waals surface area contributed by atoms with Crippen molar-refractivity contribution in [3.05, 3.63) is 41.5 Å². The zero-order valence-electron chi connectivity index (χ0n) is 8.87. The van der Waals surface area contributed by atoms with Crippen LogP contribution in [-0.2, 0) is 4.79 Å². The Morgan fingerprint density at radius 3 is 2.29 bits per heavy atom. The number of rotatable bonds is 1. The summed E-state index contributed by atoms with van der Waals surface area (Å²) in [6, 6.07) is 9.29. The van der Waals surface area contributed by atoms with Gasteiger partial charge >= 0.3 is 12.1 Å². The molecule has 0 bridgehead atoms. The Hall–Kier alpha value is -1.78. The van der Waals surface area contributed by atoms with Gasteiger partial charge in [-0.15, -0.1) is 0 Å². The summed E-state index contributed by atoms with van der Waals surface area (Å²) in [6.45, 7) is 0.125. The van der Waals surface area contributed by atoms with Crippen molar-refractivity contribution < 1.29 is 18.0 Å². The third kappa shape index (κ3) is 2.67. The van der Waals surface area contributed by atoms with Crippen LogP contribution in [0, 0.1) is 0 Å². The van der Waals surface area contributed by atoms with E-state index in [0.29, 0.717) is 0 Å². The van der Waals surface area contributed by atoms with E-state index >= 15 is 0 Å². The van der Waals surface area contributed by atoms with Gasteiger partial charge in [-0.2, -0.15) is 13.2 Å². The molecular weight excluding hydrogens is 231 g/mol. The molecule has 2 nitrogen and oxygen atoms in total. The maximum atomic E-state index is 12.1. The normalized spacial score (nSPS) is 15.5. The van der Waals surface area contributed by atoms with E-state index in [9.17, 15) is 18.0 Å². The molecule has 0 aliphatic carbocycles. The monoisotopic (exact) mass is 241 g/mol. The molecule has 5 heteroatoms. The fourth-order valence-electron chi connectivity index (χ4n) is 1.64. The van der Waals surface area contributed by atoms with Crippen LogP contribution in [0.2, 0.25) is 0 Å². The van der Waals surface area contributed by atoms with Gasteiger partial charge in [0.15, 0.2) is 0 Å². The minimum absolute atomic E-state index is 0.0627. The van der Waals surface area contributed by atoms with Crippen molar-refractivity contribution in [3.63, 3.8) is 0 Å². The predicted octanol–water partition coefficient (Wildman–Crippen LogP) is 2.47. The average Bonchev–Trinajstić information content (AvgIpc) is 2.22. The standard InChI is InChI=1S/C12H10F3NO/c13-12(14,15)11(17)16-7-10(8-16)6-9-4-2-1-3-5-9/h1-6H,7-8H2. The molecule has 1 aliphatic rings. The van der Waals surface area contributed by atoms with Gasteiger partial charge in [-0.05, 0) is 11.1 Å². The molecule has 0 saturated carbocycles.